The summed E-state index contributed by atoms with van der Waals surface area (Å²) in [5.41, 5.74) is 0.564. The van der Waals surface area contributed by atoms with E-state index in [9.17, 15) is 0 Å². The van der Waals surface area contributed by atoms with Crippen molar-refractivity contribution >= 4 is 0 Å². The number of rotatable bonds is 0. The first-order chi connectivity index (χ1) is 4.01. The first kappa shape index (κ1) is 7.07. The molecule has 0 aliphatic carbocycles. The molecule has 0 N–H and O–H groups in total. The fourth-order valence-electron chi connectivity index (χ4n) is 1.85. The largest absolute Gasteiger partial charge is 0.303 e. The van der Waals surface area contributed by atoms with Crippen molar-refractivity contribution in [1.82, 2.24) is 4.90 Å². The van der Waals surface area contributed by atoms with Crippen LogP contribution in [0.5, 0.6) is 0 Å². The van der Waals surface area contributed by atoms with Gasteiger partial charge in [0.15, 0.2) is 0 Å². The number of hydrogen-bond donors (Lipinski definition) is 0. The van der Waals surface area contributed by atoms with Crippen molar-refractivity contribution < 1.29 is 0 Å². The van der Waals surface area contributed by atoms with Crippen LogP contribution in [0.1, 0.15) is 27.2 Å². The Labute approximate surface area is 58.0 Å². The lowest BCUT2D eigenvalue weighted by Gasteiger charge is -2.15. The molecule has 1 aliphatic heterocycles. The fraction of sp³-hybridized carbons (Fsp3) is 1.00. The van der Waals surface area contributed by atoms with E-state index in [2.05, 4.69) is 32.7 Å². The summed E-state index contributed by atoms with van der Waals surface area (Å²) >= 11 is 0. The standard InChI is InChI=1S/C8H17N/c1-7-5-8(2,3)6-9(7)4/h7H,5-6H2,1-4H3/t7-/m0/s1. The van der Waals surface area contributed by atoms with Crippen molar-refractivity contribution in [2.75, 3.05) is 13.6 Å². The molecule has 0 aromatic heterocycles. The van der Waals surface area contributed by atoms with Crippen molar-refractivity contribution in [1.29, 1.82) is 0 Å². The zero-order valence-electron chi connectivity index (χ0n) is 6.94. The highest BCUT2D eigenvalue weighted by molar-refractivity contribution is 4.86. The van der Waals surface area contributed by atoms with Gasteiger partial charge < -0.3 is 4.90 Å². The maximum atomic E-state index is 2.43. The van der Waals surface area contributed by atoms with E-state index in [1.165, 1.54) is 13.0 Å². The summed E-state index contributed by atoms with van der Waals surface area (Å²) < 4.78 is 0. The van der Waals surface area contributed by atoms with Gasteiger partial charge in [-0.2, -0.15) is 0 Å². The number of likely N-dealkylation sites (tertiary alicyclic amines) is 1. The van der Waals surface area contributed by atoms with Crippen LogP contribution in [0.15, 0.2) is 0 Å². The minimum Gasteiger partial charge on any atom is -0.303 e. The van der Waals surface area contributed by atoms with Crippen LogP contribution in [0.3, 0.4) is 0 Å². The zero-order valence-corrected chi connectivity index (χ0v) is 6.94. The van der Waals surface area contributed by atoms with Gasteiger partial charge in [0.25, 0.3) is 0 Å². The number of nitrogens with zero attached hydrogens (tertiary/aromatic N) is 1. The van der Waals surface area contributed by atoms with Gasteiger partial charge in [-0.15, -0.1) is 0 Å². The smallest absolute Gasteiger partial charge is 0.00696 e. The lowest BCUT2D eigenvalue weighted by Crippen LogP contribution is -2.22. The van der Waals surface area contributed by atoms with E-state index in [0.29, 0.717) is 5.41 Å². The first-order valence-corrected chi connectivity index (χ1v) is 3.71. The Hall–Kier alpha value is -0.0400. The van der Waals surface area contributed by atoms with Crippen molar-refractivity contribution in [2.45, 2.75) is 33.2 Å². The van der Waals surface area contributed by atoms with Crippen molar-refractivity contribution in [3.05, 3.63) is 0 Å². The summed E-state index contributed by atoms with van der Waals surface area (Å²) in [6.07, 6.45) is 1.35. The van der Waals surface area contributed by atoms with E-state index in [1.54, 1.807) is 0 Å². The molecule has 1 fully saturated rings. The normalized spacial score (nSPS) is 35.3. The Morgan fingerprint density at radius 1 is 1.44 bits per heavy atom. The van der Waals surface area contributed by atoms with Gasteiger partial charge in [0.2, 0.25) is 0 Å². The minimum atomic E-state index is 0.564. The lowest BCUT2D eigenvalue weighted by molar-refractivity contribution is 0.308. The summed E-state index contributed by atoms with van der Waals surface area (Å²) in [6, 6.07) is 0.792. The van der Waals surface area contributed by atoms with Crippen LogP contribution in [-0.4, -0.2) is 24.5 Å². The Bertz CT molecular complexity index is 95.1. The average molecular weight is 127 g/mol. The average Bonchev–Trinajstić information content (AvgIpc) is 1.79. The van der Waals surface area contributed by atoms with Crippen LogP contribution in [0, 0.1) is 5.41 Å². The third kappa shape index (κ3) is 1.45. The third-order valence-corrected chi connectivity index (χ3v) is 2.28. The van der Waals surface area contributed by atoms with Crippen LogP contribution in [-0.2, 0) is 0 Å². The monoisotopic (exact) mass is 127 g/mol. The first-order valence-electron chi connectivity index (χ1n) is 3.71. The molecule has 1 atom stereocenters. The predicted octanol–water partition coefficient (Wildman–Crippen LogP) is 1.74. The quantitative estimate of drug-likeness (QED) is 0.479. The van der Waals surface area contributed by atoms with Gasteiger partial charge in [-0.05, 0) is 25.8 Å². The molecule has 54 valence electrons. The van der Waals surface area contributed by atoms with Crippen LogP contribution in [0.2, 0.25) is 0 Å². The van der Waals surface area contributed by atoms with Crippen LogP contribution in [0.4, 0.5) is 0 Å². The summed E-state index contributed by atoms with van der Waals surface area (Å²) in [4.78, 5) is 2.43. The molecule has 1 aliphatic rings. The van der Waals surface area contributed by atoms with E-state index in [0.717, 1.165) is 6.04 Å². The second-order valence-electron chi connectivity index (χ2n) is 4.13. The molecular weight excluding hydrogens is 110 g/mol. The van der Waals surface area contributed by atoms with E-state index >= 15 is 0 Å². The molecule has 9 heavy (non-hydrogen) atoms. The summed E-state index contributed by atoms with van der Waals surface area (Å²) in [6.45, 7) is 8.24. The van der Waals surface area contributed by atoms with E-state index in [1.807, 2.05) is 0 Å². The molecule has 0 spiro atoms. The van der Waals surface area contributed by atoms with Crippen molar-refractivity contribution in [3.8, 4) is 0 Å². The molecule has 1 rings (SSSR count). The topological polar surface area (TPSA) is 3.24 Å². The minimum absolute atomic E-state index is 0.564. The van der Waals surface area contributed by atoms with E-state index < -0.39 is 0 Å². The molecule has 0 aromatic rings. The Balaban J connectivity index is 2.54. The molecule has 1 heterocycles. The van der Waals surface area contributed by atoms with Crippen LogP contribution < -0.4 is 0 Å². The molecule has 0 saturated carbocycles. The third-order valence-electron chi connectivity index (χ3n) is 2.28. The molecule has 0 unspecified atom stereocenters. The molecule has 0 amide bonds. The Morgan fingerprint density at radius 3 is 2.11 bits per heavy atom. The van der Waals surface area contributed by atoms with Crippen LogP contribution >= 0.6 is 0 Å². The van der Waals surface area contributed by atoms with Crippen molar-refractivity contribution in [3.63, 3.8) is 0 Å². The van der Waals surface area contributed by atoms with Gasteiger partial charge in [0.05, 0.1) is 0 Å². The SMILES string of the molecule is C[C@H]1CC(C)(C)CN1C. The molecular formula is C8H17N. The second-order valence-corrected chi connectivity index (χ2v) is 4.13. The molecule has 0 bridgehead atoms. The van der Waals surface area contributed by atoms with Crippen molar-refractivity contribution in [2.24, 2.45) is 5.41 Å². The lowest BCUT2D eigenvalue weighted by atomic mass is 9.91. The Morgan fingerprint density at radius 2 is 2.00 bits per heavy atom. The highest BCUT2D eigenvalue weighted by Crippen LogP contribution is 2.31. The molecule has 1 saturated heterocycles. The predicted molar refractivity (Wildman–Crippen MR) is 40.5 cm³/mol. The second kappa shape index (κ2) is 1.98. The highest BCUT2D eigenvalue weighted by atomic mass is 15.2. The van der Waals surface area contributed by atoms with Gasteiger partial charge in [-0.25, -0.2) is 0 Å². The zero-order chi connectivity index (χ0) is 7.07. The van der Waals surface area contributed by atoms with Gasteiger partial charge in [-0.3, -0.25) is 0 Å². The summed E-state index contributed by atoms with van der Waals surface area (Å²) in [5.74, 6) is 0. The summed E-state index contributed by atoms with van der Waals surface area (Å²) in [7, 11) is 2.21. The van der Waals surface area contributed by atoms with E-state index in [-0.39, 0.29) is 0 Å². The van der Waals surface area contributed by atoms with Gasteiger partial charge in [-0.1, -0.05) is 13.8 Å². The fourth-order valence-corrected chi connectivity index (χ4v) is 1.85. The number of hydrogen-bond acceptors (Lipinski definition) is 1. The van der Waals surface area contributed by atoms with Gasteiger partial charge in [0.1, 0.15) is 0 Å². The Kier molecular flexibility index (Phi) is 1.55. The molecule has 0 aromatic carbocycles. The van der Waals surface area contributed by atoms with Gasteiger partial charge in [0, 0.05) is 12.6 Å². The summed E-state index contributed by atoms with van der Waals surface area (Å²) in [5, 5.41) is 0. The molecule has 1 heteroatoms. The van der Waals surface area contributed by atoms with E-state index in [4.69, 9.17) is 0 Å². The molecule has 1 nitrogen and oxygen atoms in total. The maximum Gasteiger partial charge on any atom is 0.00696 e. The van der Waals surface area contributed by atoms with Gasteiger partial charge >= 0.3 is 0 Å². The molecule has 0 radical (unpaired) electrons. The maximum absolute atomic E-state index is 2.43. The highest BCUT2D eigenvalue weighted by Gasteiger charge is 2.31. The van der Waals surface area contributed by atoms with Crippen LogP contribution in [0.25, 0.3) is 0 Å².